The van der Waals surface area contributed by atoms with Crippen LogP contribution in [0.3, 0.4) is 0 Å². The molecule has 1 heterocycles. The summed E-state index contributed by atoms with van der Waals surface area (Å²) in [6.07, 6.45) is 0. The van der Waals surface area contributed by atoms with Gasteiger partial charge in [0.25, 0.3) is 5.91 Å². The van der Waals surface area contributed by atoms with E-state index in [-0.39, 0.29) is 11.3 Å². The van der Waals surface area contributed by atoms with E-state index < -0.39 is 29.1 Å². The Morgan fingerprint density at radius 2 is 1.85 bits per heavy atom. The maximum atomic E-state index is 13.2. The van der Waals surface area contributed by atoms with Gasteiger partial charge in [-0.25, -0.2) is 13.6 Å². The maximum Gasteiger partial charge on any atom is 0.337 e. The molecular formula is C12H6BrF2NO3S. The summed E-state index contributed by atoms with van der Waals surface area (Å²) in [4.78, 5) is 22.8. The third kappa shape index (κ3) is 3.02. The Kier molecular flexibility index (Phi) is 4.15. The number of nitrogens with one attached hydrogen (secondary N) is 1. The molecule has 2 N–H and O–H groups in total. The molecule has 1 aromatic carbocycles. The van der Waals surface area contributed by atoms with Crippen LogP contribution in [0.15, 0.2) is 27.4 Å². The van der Waals surface area contributed by atoms with Crippen molar-refractivity contribution < 1.29 is 23.5 Å². The number of benzene rings is 1. The first-order valence-electron chi connectivity index (χ1n) is 5.16. The van der Waals surface area contributed by atoms with E-state index in [2.05, 4.69) is 21.2 Å². The van der Waals surface area contributed by atoms with Crippen molar-refractivity contribution in [3.8, 4) is 0 Å². The molecule has 0 spiro atoms. The van der Waals surface area contributed by atoms with Crippen LogP contribution in [0.25, 0.3) is 0 Å². The minimum atomic E-state index is -1.47. The number of halogens is 3. The zero-order valence-corrected chi connectivity index (χ0v) is 12.0. The van der Waals surface area contributed by atoms with Crippen LogP contribution in [0, 0.1) is 11.6 Å². The van der Waals surface area contributed by atoms with Gasteiger partial charge in [0, 0.05) is 11.4 Å². The van der Waals surface area contributed by atoms with E-state index in [9.17, 15) is 18.4 Å². The number of rotatable bonds is 3. The van der Waals surface area contributed by atoms with Crippen LogP contribution < -0.4 is 5.32 Å². The number of amides is 1. The van der Waals surface area contributed by atoms with Crippen LogP contribution in [-0.2, 0) is 0 Å². The largest absolute Gasteiger partial charge is 0.478 e. The summed E-state index contributed by atoms with van der Waals surface area (Å²) in [7, 11) is 0. The van der Waals surface area contributed by atoms with Gasteiger partial charge < -0.3 is 10.4 Å². The Morgan fingerprint density at radius 3 is 2.40 bits per heavy atom. The molecule has 104 valence electrons. The van der Waals surface area contributed by atoms with Crippen LogP contribution in [-0.4, -0.2) is 17.0 Å². The lowest BCUT2D eigenvalue weighted by Crippen LogP contribution is -2.15. The second-order valence-corrected chi connectivity index (χ2v) is 6.00. The minimum Gasteiger partial charge on any atom is -0.478 e. The van der Waals surface area contributed by atoms with Gasteiger partial charge in [0.15, 0.2) is 11.6 Å². The molecule has 1 aromatic heterocycles. The molecule has 0 aliphatic heterocycles. The van der Waals surface area contributed by atoms with E-state index in [1.165, 1.54) is 17.4 Å². The fourth-order valence-electron chi connectivity index (χ4n) is 1.45. The van der Waals surface area contributed by atoms with E-state index in [0.29, 0.717) is 15.9 Å². The highest BCUT2D eigenvalue weighted by atomic mass is 79.9. The van der Waals surface area contributed by atoms with Gasteiger partial charge >= 0.3 is 5.97 Å². The van der Waals surface area contributed by atoms with Crippen molar-refractivity contribution in [1.29, 1.82) is 0 Å². The van der Waals surface area contributed by atoms with Gasteiger partial charge in [-0.15, -0.1) is 11.3 Å². The molecule has 1 amide bonds. The number of aromatic carboxylic acids is 1. The first-order chi connectivity index (χ1) is 9.38. The van der Waals surface area contributed by atoms with Crippen molar-refractivity contribution in [2.24, 2.45) is 0 Å². The maximum absolute atomic E-state index is 13.2. The molecule has 2 rings (SSSR count). The summed E-state index contributed by atoms with van der Waals surface area (Å²) in [6.45, 7) is 0. The Bertz CT molecular complexity index is 702. The standard InChI is InChI=1S/C12H6BrF2NO3S/c13-10-1-5(4-20-10)11(17)16-9-3-8(15)7(14)2-6(9)12(18)19/h1-4H,(H,16,17)(H,18,19). The molecule has 0 radical (unpaired) electrons. The van der Waals surface area contributed by atoms with Crippen LogP contribution in [0.1, 0.15) is 20.7 Å². The number of carbonyl (C=O) groups excluding carboxylic acids is 1. The number of anilines is 1. The predicted molar refractivity (Wildman–Crippen MR) is 73.3 cm³/mol. The second-order valence-electron chi connectivity index (χ2n) is 3.71. The van der Waals surface area contributed by atoms with Crippen molar-refractivity contribution in [2.45, 2.75) is 0 Å². The molecule has 0 aliphatic carbocycles. The topological polar surface area (TPSA) is 66.4 Å². The van der Waals surface area contributed by atoms with E-state index in [1.807, 2.05) is 0 Å². The lowest BCUT2D eigenvalue weighted by molar-refractivity contribution is 0.0697. The molecule has 8 heteroatoms. The zero-order chi connectivity index (χ0) is 14.9. The molecule has 0 fully saturated rings. The van der Waals surface area contributed by atoms with Crippen LogP contribution in [0.4, 0.5) is 14.5 Å². The minimum absolute atomic E-state index is 0.281. The predicted octanol–water partition coefficient (Wildman–Crippen LogP) is 3.74. The quantitative estimate of drug-likeness (QED) is 0.874. The summed E-state index contributed by atoms with van der Waals surface area (Å²) in [5.74, 6) is -4.61. The Hall–Kier alpha value is -1.80. The van der Waals surface area contributed by atoms with Gasteiger partial charge in [-0.3, -0.25) is 4.79 Å². The third-order valence-electron chi connectivity index (χ3n) is 2.37. The van der Waals surface area contributed by atoms with E-state index >= 15 is 0 Å². The first kappa shape index (κ1) is 14.6. The Balaban J connectivity index is 2.35. The Labute approximate surface area is 124 Å². The van der Waals surface area contributed by atoms with Gasteiger partial charge in [0.2, 0.25) is 0 Å². The van der Waals surface area contributed by atoms with Gasteiger partial charge in [-0.05, 0) is 28.1 Å². The molecular weight excluding hydrogens is 356 g/mol. The number of carboxylic acid groups (broad SMARTS) is 1. The SMILES string of the molecule is O=C(Nc1cc(F)c(F)cc1C(=O)O)c1csc(Br)c1. The highest BCUT2D eigenvalue weighted by Gasteiger charge is 2.18. The number of hydrogen-bond donors (Lipinski definition) is 2. The number of thiophene rings is 1. The highest BCUT2D eigenvalue weighted by molar-refractivity contribution is 9.11. The molecule has 0 aliphatic rings. The third-order valence-corrected chi connectivity index (χ3v) is 3.87. The molecule has 20 heavy (non-hydrogen) atoms. The molecule has 0 atom stereocenters. The van der Waals surface area contributed by atoms with Gasteiger partial charge in [0.1, 0.15) is 0 Å². The first-order valence-corrected chi connectivity index (χ1v) is 6.83. The van der Waals surface area contributed by atoms with Crippen LogP contribution in [0.2, 0.25) is 0 Å². The number of hydrogen-bond acceptors (Lipinski definition) is 3. The van der Waals surface area contributed by atoms with Crippen LogP contribution >= 0.6 is 27.3 Å². The summed E-state index contributed by atoms with van der Waals surface area (Å²) >= 11 is 4.44. The molecule has 0 saturated carbocycles. The van der Waals surface area contributed by atoms with Crippen molar-refractivity contribution in [3.63, 3.8) is 0 Å². The molecule has 0 bridgehead atoms. The van der Waals surface area contributed by atoms with Gasteiger partial charge in [-0.2, -0.15) is 0 Å². The van der Waals surface area contributed by atoms with Gasteiger partial charge in [0.05, 0.1) is 20.6 Å². The lowest BCUT2D eigenvalue weighted by atomic mass is 10.1. The monoisotopic (exact) mass is 361 g/mol. The van der Waals surface area contributed by atoms with E-state index in [1.54, 1.807) is 5.38 Å². The fraction of sp³-hybridized carbons (Fsp3) is 0. The molecule has 4 nitrogen and oxygen atoms in total. The summed E-state index contributed by atoms with van der Waals surface area (Å²) in [5, 5.41) is 12.7. The van der Waals surface area contributed by atoms with Crippen molar-refractivity contribution in [2.75, 3.05) is 5.32 Å². The number of carboxylic acids is 1. The van der Waals surface area contributed by atoms with E-state index in [4.69, 9.17) is 5.11 Å². The zero-order valence-electron chi connectivity index (χ0n) is 9.62. The normalized spacial score (nSPS) is 10.3. The Morgan fingerprint density at radius 1 is 1.20 bits per heavy atom. The summed E-state index contributed by atoms with van der Waals surface area (Å²) < 4.78 is 26.9. The summed E-state index contributed by atoms with van der Waals surface area (Å²) in [5.41, 5.74) is -0.543. The summed E-state index contributed by atoms with van der Waals surface area (Å²) in [6, 6.07) is 2.69. The van der Waals surface area contributed by atoms with Crippen molar-refractivity contribution >= 4 is 44.8 Å². The smallest absolute Gasteiger partial charge is 0.337 e. The number of carbonyl (C=O) groups is 2. The molecule has 0 unspecified atom stereocenters. The van der Waals surface area contributed by atoms with E-state index in [0.717, 1.165) is 0 Å². The molecule has 0 saturated heterocycles. The van der Waals surface area contributed by atoms with Crippen molar-refractivity contribution in [3.05, 3.63) is 50.1 Å². The van der Waals surface area contributed by atoms with Gasteiger partial charge in [-0.1, -0.05) is 0 Å². The average Bonchev–Trinajstić information content (AvgIpc) is 2.80. The highest BCUT2D eigenvalue weighted by Crippen LogP contribution is 2.24. The van der Waals surface area contributed by atoms with Crippen LogP contribution in [0.5, 0.6) is 0 Å². The molecule has 2 aromatic rings. The van der Waals surface area contributed by atoms with Crippen molar-refractivity contribution in [1.82, 2.24) is 0 Å². The fourth-order valence-corrected chi connectivity index (χ4v) is 2.59. The average molecular weight is 362 g/mol. The lowest BCUT2D eigenvalue weighted by Gasteiger charge is -2.08. The second kappa shape index (κ2) is 5.68.